The minimum Gasteiger partial charge on any atom is -0.370 e. The molecule has 3 aliphatic rings. The van der Waals surface area contributed by atoms with Gasteiger partial charge < -0.3 is 92.1 Å². The molecular weight excluding hydrogens is 1280 g/mol. The number of aliphatic imine (C=N–C) groups is 1. The lowest BCUT2D eigenvalue weighted by atomic mass is 10.0. The van der Waals surface area contributed by atoms with E-state index in [2.05, 4.69) is 42.2 Å². The summed E-state index contributed by atoms with van der Waals surface area (Å²) in [4.78, 5) is 189. The van der Waals surface area contributed by atoms with Crippen molar-refractivity contribution in [3.05, 3.63) is 71.8 Å². The molecule has 0 radical (unpaired) electrons. The Hall–Kier alpha value is -8.91. The fraction of sp³-hybridized carbons (Fsp3) is 0.606. The number of nitrogens with zero attached hydrogens (tertiary/aromatic N) is 4. The first-order valence-corrected chi connectivity index (χ1v) is 35.1. The number of benzene rings is 2. The van der Waals surface area contributed by atoms with Crippen molar-refractivity contribution in [2.45, 2.75) is 202 Å². The summed E-state index contributed by atoms with van der Waals surface area (Å²) in [6, 6.07) is 3.77. The fourth-order valence-electron chi connectivity index (χ4n) is 12.3. The molecule has 11 atom stereocenters. The van der Waals surface area contributed by atoms with Crippen molar-refractivity contribution in [3.63, 3.8) is 0 Å². The van der Waals surface area contributed by atoms with Gasteiger partial charge >= 0.3 is 0 Å². The third-order valence-electron chi connectivity index (χ3n) is 17.4. The van der Waals surface area contributed by atoms with Gasteiger partial charge in [0.25, 0.3) is 0 Å². The maximum Gasteiger partial charge on any atom is 0.246 e. The lowest BCUT2D eigenvalue weighted by Crippen LogP contribution is -2.61. The predicted octanol–water partition coefficient (Wildman–Crippen LogP) is -2.84. The number of hydrogen-bond donors (Lipinski definition) is 14. The number of amides is 13. The van der Waals surface area contributed by atoms with E-state index in [4.69, 9.17) is 40.1 Å². The van der Waals surface area contributed by atoms with Crippen LogP contribution >= 0.6 is 11.8 Å². The number of nitrogens with one attached hydrogen (secondary N) is 7. The van der Waals surface area contributed by atoms with Crippen molar-refractivity contribution < 1.29 is 62.3 Å². The first-order chi connectivity index (χ1) is 46.7. The highest BCUT2D eigenvalue weighted by molar-refractivity contribution is 7.98. The first kappa shape index (κ1) is 79.8. The molecule has 32 heteroatoms. The molecule has 3 saturated heterocycles. The van der Waals surface area contributed by atoms with Gasteiger partial charge in [-0.3, -0.25) is 67.3 Å². The van der Waals surface area contributed by atoms with E-state index in [0.29, 0.717) is 61.8 Å². The first-order valence-electron chi connectivity index (χ1n) is 33.7. The number of hydrogen-bond acceptors (Lipinski definition) is 17. The second-order valence-corrected chi connectivity index (χ2v) is 26.5. The number of unbranched alkanes of at least 4 members (excludes halogenated alkanes) is 1. The van der Waals surface area contributed by atoms with Gasteiger partial charge in [0.15, 0.2) is 5.96 Å². The summed E-state index contributed by atoms with van der Waals surface area (Å²) < 4.78 is 0. The number of carbonyl (C=O) groups excluding carboxylic acids is 13. The Bertz CT molecular complexity index is 3090. The van der Waals surface area contributed by atoms with Gasteiger partial charge in [-0.2, -0.15) is 11.8 Å². The Kier molecular flexibility index (Phi) is 33.1. The number of nitrogens with two attached hydrogens (primary N) is 7. The van der Waals surface area contributed by atoms with Crippen molar-refractivity contribution in [1.29, 1.82) is 0 Å². The lowest BCUT2D eigenvalue weighted by Gasteiger charge is -2.32. The number of rotatable bonds is 41. The highest BCUT2D eigenvalue weighted by atomic mass is 32.2. The van der Waals surface area contributed by atoms with Crippen LogP contribution < -0.4 is 77.4 Å². The van der Waals surface area contributed by atoms with E-state index in [-0.39, 0.29) is 96.0 Å². The van der Waals surface area contributed by atoms with Crippen LogP contribution in [0.2, 0.25) is 0 Å². The average Bonchev–Trinajstić information content (AvgIpc) is 1.60. The zero-order valence-corrected chi connectivity index (χ0v) is 57.2. The van der Waals surface area contributed by atoms with E-state index in [1.54, 1.807) is 60.7 Å². The van der Waals surface area contributed by atoms with Crippen molar-refractivity contribution in [2.24, 2.45) is 51.0 Å². The molecule has 0 spiro atoms. The van der Waals surface area contributed by atoms with E-state index in [9.17, 15) is 57.5 Å². The third-order valence-corrected chi connectivity index (χ3v) is 18.1. The summed E-state index contributed by atoms with van der Waals surface area (Å²) in [5, 5.41) is 19.1. The Labute approximate surface area is 576 Å². The van der Waals surface area contributed by atoms with Crippen LogP contribution in [0.1, 0.15) is 134 Å². The molecule has 0 unspecified atom stereocenters. The highest BCUT2D eigenvalue weighted by Gasteiger charge is 2.44. The van der Waals surface area contributed by atoms with Gasteiger partial charge in [0, 0.05) is 51.9 Å². The van der Waals surface area contributed by atoms with Crippen LogP contribution in [-0.4, -0.2) is 209 Å². The topological polar surface area (TPSA) is 510 Å². The molecule has 13 amide bonds. The number of thioether (sulfide) groups is 1. The Morgan fingerprint density at radius 1 is 0.490 bits per heavy atom. The second kappa shape index (κ2) is 40.7. The van der Waals surface area contributed by atoms with Crippen molar-refractivity contribution in [2.75, 3.05) is 44.7 Å². The van der Waals surface area contributed by atoms with Crippen molar-refractivity contribution >= 4 is 94.5 Å². The van der Waals surface area contributed by atoms with E-state index in [1.165, 1.54) is 26.5 Å². The zero-order valence-electron chi connectivity index (χ0n) is 56.4. The molecule has 3 heterocycles. The van der Waals surface area contributed by atoms with Gasteiger partial charge in [0.2, 0.25) is 76.8 Å². The SMILES string of the molecule is CSCC[C@H](NC(=O)[C@H](CC(C)C)NC(=O)[C@@H]1CCCN1C(=O)[C@H](Cc1ccccc1)NC(=O)[C@@H](Cc1ccccc1)NC(=O)[C@H](CCC(N)=O)NC(=O)[C@H](CCC(N)=O)NC(=O)[C@@H]1CCCN1C(=O)[C@H](CCCCN)NC(=O)[C@@H]1CCCN1C(=O)[C@H](N)CCCN=C(N)N)C(N)=O. The molecule has 2 aromatic rings. The van der Waals surface area contributed by atoms with Crippen LogP contribution in [-0.2, 0) is 75.2 Å². The molecule has 3 fully saturated rings. The number of guanidine groups is 1. The summed E-state index contributed by atoms with van der Waals surface area (Å²) >= 11 is 1.47. The quantitative estimate of drug-likeness (QED) is 0.0181. The maximum absolute atomic E-state index is 15.0. The van der Waals surface area contributed by atoms with Crippen molar-refractivity contribution in [3.8, 4) is 0 Å². The Morgan fingerprint density at radius 2 is 0.908 bits per heavy atom. The molecule has 0 saturated carbocycles. The summed E-state index contributed by atoms with van der Waals surface area (Å²) in [6.45, 7) is 4.69. The third kappa shape index (κ3) is 25.5. The molecule has 3 aliphatic heterocycles. The van der Waals surface area contributed by atoms with Gasteiger partial charge in [-0.05, 0) is 132 Å². The molecule has 0 aliphatic carbocycles. The summed E-state index contributed by atoms with van der Waals surface area (Å²) in [6.07, 6.45) is 3.85. The van der Waals surface area contributed by atoms with Gasteiger partial charge in [-0.1, -0.05) is 74.5 Å². The number of carbonyl (C=O) groups is 13. The minimum atomic E-state index is -1.64. The smallest absolute Gasteiger partial charge is 0.246 e. The number of likely N-dealkylation sites (tertiary alicyclic amines) is 3. The molecule has 2 aromatic carbocycles. The molecule has 31 nitrogen and oxygen atoms in total. The lowest BCUT2D eigenvalue weighted by molar-refractivity contribution is -0.144. The van der Waals surface area contributed by atoms with Crippen molar-refractivity contribution in [1.82, 2.24) is 51.9 Å². The Morgan fingerprint density at radius 3 is 1.38 bits per heavy atom. The van der Waals surface area contributed by atoms with Crippen LogP contribution in [0, 0.1) is 5.92 Å². The largest absolute Gasteiger partial charge is 0.370 e. The van der Waals surface area contributed by atoms with E-state index in [0.717, 1.165) is 0 Å². The van der Waals surface area contributed by atoms with Crippen LogP contribution in [0.25, 0.3) is 0 Å². The van der Waals surface area contributed by atoms with E-state index < -0.39 is 169 Å². The highest BCUT2D eigenvalue weighted by Crippen LogP contribution is 2.25. The maximum atomic E-state index is 15.0. The molecule has 21 N–H and O–H groups in total. The molecule has 0 aromatic heterocycles. The fourth-order valence-corrected chi connectivity index (χ4v) is 12.7. The van der Waals surface area contributed by atoms with Gasteiger partial charge in [0.1, 0.15) is 60.4 Å². The monoisotopic (exact) mass is 1390 g/mol. The molecule has 0 bridgehead atoms. The van der Waals surface area contributed by atoms with Crippen LogP contribution in [0.5, 0.6) is 0 Å². The standard InChI is InChI=1S/C66H102N18O13S/c1-39(2)36-47(58(90)75-43(55(71)87)29-35-98-3)80-62(94)52-24-15-34-84(52)65(97)49(38-41-18-8-5-9-19-41)81-59(91)48(37-40-16-6-4-7-17-40)79-57(89)44(25-27-53(69)85)76-56(88)45(26-28-54(70)86)77-60(92)51-23-14-33-83(51)64(96)46(21-10-11-30-67)78-61(93)50-22-13-32-82(50)63(95)42(68)20-12-31-74-66(72)73/h4-9,16-19,39,42-52H,10-15,20-38,67-68H2,1-3H3,(H2,69,85)(H2,70,86)(H2,71,87)(H,75,90)(H,76,88)(H,77,92)(H,78,93)(H,79,89)(H,80,94)(H,81,91)(H4,72,73,74)/t42-,43+,44+,45+,46+,47+,48-,49+,50+,51+,52+/m1/s1. The molecule has 540 valence electrons. The molecule has 5 rings (SSSR count). The summed E-state index contributed by atoms with van der Waals surface area (Å²) in [5.41, 5.74) is 40.9. The normalized spacial score (nSPS) is 18.3. The van der Waals surface area contributed by atoms with Gasteiger partial charge in [-0.15, -0.1) is 0 Å². The van der Waals surface area contributed by atoms with Crippen LogP contribution in [0.3, 0.4) is 0 Å². The van der Waals surface area contributed by atoms with Gasteiger partial charge in [-0.25, -0.2) is 0 Å². The zero-order chi connectivity index (χ0) is 72.0. The summed E-state index contributed by atoms with van der Waals surface area (Å²) in [7, 11) is 0. The van der Waals surface area contributed by atoms with Crippen LogP contribution in [0.15, 0.2) is 65.7 Å². The van der Waals surface area contributed by atoms with E-state index >= 15 is 4.79 Å². The molecular formula is C66H102N18O13S. The van der Waals surface area contributed by atoms with Gasteiger partial charge in [0.05, 0.1) is 6.04 Å². The Balaban J connectivity index is 1.37. The average molecular weight is 1390 g/mol. The second-order valence-electron chi connectivity index (χ2n) is 25.5. The van der Waals surface area contributed by atoms with E-state index in [1.807, 2.05) is 20.1 Å². The summed E-state index contributed by atoms with van der Waals surface area (Å²) in [5.74, 6) is -9.34. The molecule has 98 heavy (non-hydrogen) atoms. The number of primary amides is 3. The predicted molar refractivity (Wildman–Crippen MR) is 367 cm³/mol. The van der Waals surface area contributed by atoms with Crippen LogP contribution in [0.4, 0.5) is 0 Å². The minimum absolute atomic E-state index is 0.0759.